The van der Waals surface area contributed by atoms with Crippen LogP contribution in [0.3, 0.4) is 0 Å². The highest BCUT2D eigenvalue weighted by atomic mass is 35.5. The summed E-state index contributed by atoms with van der Waals surface area (Å²) in [6.07, 6.45) is 6.71. The lowest BCUT2D eigenvalue weighted by atomic mass is 10.0. The van der Waals surface area contributed by atoms with Crippen LogP contribution in [0.15, 0.2) is 24.3 Å². The van der Waals surface area contributed by atoms with E-state index in [-0.39, 0.29) is 46.4 Å². The molecule has 10 heteroatoms. The first-order valence-corrected chi connectivity index (χ1v) is 10.7. The predicted octanol–water partition coefficient (Wildman–Crippen LogP) is 4.45. The van der Waals surface area contributed by atoms with Crippen LogP contribution in [0.1, 0.15) is 30.5 Å². The summed E-state index contributed by atoms with van der Waals surface area (Å²) in [5.41, 5.74) is 0.669. The molecule has 0 saturated carbocycles. The number of nitrogens with zero attached hydrogens (tertiary/aromatic N) is 2. The van der Waals surface area contributed by atoms with Gasteiger partial charge in [-0.15, -0.1) is 12.4 Å². The minimum absolute atomic E-state index is 0. The van der Waals surface area contributed by atoms with E-state index in [0.29, 0.717) is 17.1 Å². The first-order chi connectivity index (χ1) is 12.8. The first-order valence-electron chi connectivity index (χ1n) is 8.49. The quantitative estimate of drug-likeness (QED) is 0.555. The molecule has 0 radical (unpaired) electrons. The summed E-state index contributed by atoms with van der Waals surface area (Å²) in [6.45, 7) is 0. The van der Waals surface area contributed by atoms with Crippen LogP contribution in [0.2, 0.25) is 5.02 Å². The van der Waals surface area contributed by atoms with Gasteiger partial charge >= 0.3 is 0 Å². The molecule has 0 bridgehead atoms. The third-order valence-corrected chi connectivity index (χ3v) is 6.41. The Morgan fingerprint density at radius 2 is 1.89 bits per heavy atom. The van der Waals surface area contributed by atoms with Gasteiger partial charge in [0.05, 0.1) is 27.8 Å². The maximum Gasteiger partial charge on any atom is 0.164 e. The van der Waals surface area contributed by atoms with E-state index in [1.54, 1.807) is 0 Å². The Kier molecular flexibility index (Phi) is 5.93. The van der Waals surface area contributed by atoms with Gasteiger partial charge in [-0.1, -0.05) is 23.8 Å². The molecule has 0 fully saturated rings. The molecule has 1 aromatic heterocycles. The van der Waals surface area contributed by atoms with Crippen molar-refractivity contribution < 1.29 is 17.2 Å². The Bertz CT molecular complexity index is 1060. The number of anilines is 1. The van der Waals surface area contributed by atoms with E-state index < -0.39 is 21.5 Å². The van der Waals surface area contributed by atoms with Gasteiger partial charge in [0.15, 0.2) is 15.7 Å². The van der Waals surface area contributed by atoms with Crippen molar-refractivity contribution in [3.05, 3.63) is 52.2 Å². The number of hydrogen-bond donors (Lipinski definition) is 1. The van der Waals surface area contributed by atoms with Gasteiger partial charge < -0.3 is 5.32 Å². The van der Waals surface area contributed by atoms with Crippen LogP contribution in [-0.2, 0) is 21.3 Å². The number of nitrogens with one attached hydrogen (secondary N) is 1. The van der Waals surface area contributed by atoms with Crippen molar-refractivity contribution in [2.24, 2.45) is 0 Å². The molecular weight excluding hydrogens is 431 g/mol. The summed E-state index contributed by atoms with van der Waals surface area (Å²) in [4.78, 5) is 8.56. The zero-order valence-electron chi connectivity index (χ0n) is 14.6. The molecule has 1 aromatic carbocycles. The van der Waals surface area contributed by atoms with E-state index in [4.69, 9.17) is 11.6 Å². The molecule has 0 saturated heterocycles. The van der Waals surface area contributed by atoms with Crippen molar-refractivity contribution >= 4 is 39.7 Å². The van der Waals surface area contributed by atoms with Crippen LogP contribution in [0.25, 0.3) is 11.4 Å². The van der Waals surface area contributed by atoms with Gasteiger partial charge in [0.2, 0.25) is 0 Å². The van der Waals surface area contributed by atoms with E-state index >= 15 is 0 Å². The Labute approximate surface area is 172 Å². The second-order valence-electron chi connectivity index (χ2n) is 6.73. The smallest absolute Gasteiger partial charge is 0.164 e. The maximum absolute atomic E-state index is 14.3. The lowest BCUT2D eigenvalue weighted by molar-refractivity contribution is 0.597. The Hall–Kier alpha value is -1.77. The van der Waals surface area contributed by atoms with Gasteiger partial charge in [-0.25, -0.2) is 27.2 Å². The van der Waals surface area contributed by atoms with Crippen molar-refractivity contribution in [3.63, 3.8) is 0 Å². The monoisotopic (exact) mass is 447 g/mol. The molecule has 4 rings (SSSR count). The fourth-order valence-corrected chi connectivity index (χ4v) is 4.98. The van der Waals surface area contributed by atoms with E-state index in [0.717, 1.165) is 31.4 Å². The highest BCUT2D eigenvalue weighted by molar-refractivity contribution is 7.90. The molecule has 1 unspecified atom stereocenters. The summed E-state index contributed by atoms with van der Waals surface area (Å²) in [5, 5.41) is 2.93. The number of halogens is 4. The molecule has 2 aromatic rings. The van der Waals surface area contributed by atoms with Crippen molar-refractivity contribution in [2.45, 2.75) is 36.8 Å². The van der Waals surface area contributed by atoms with Crippen molar-refractivity contribution in [2.75, 3.05) is 5.32 Å². The number of hydrogen-bond acceptors (Lipinski definition) is 5. The number of allylic oxidation sites excluding steroid dienone is 1. The van der Waals surface area contributed by atoms with Crippen molar-refractivity contribution in [3.8, 4) is 11.4 Å². The zero-order valence-corrected chi connectivity index (χ0v) is 17.0. The Balaban J connectivity index is 0.00000225. The standard InChI is InChI=1S/C18H16ClF2N3O2S.ClH/c19-13-7-14(20)11(6-15(13)21)17-23-16-9-27(25,26)8-12(16)18(24-17)22-10-4-2-1-3-5-10;/h1-2,6-7,10H,3-5,8-9H2,(H,22,23,24);1H. The molecule has 1 aliphatic heterocycles. The molecule has 28 heavy (non-hydrogen) atoms. The largest absolute Gasteiger partial charge is 0.367 e. The van der Waals surface area contributed by atoms with E-state index in [9.17, 15) is 17.2 Å². The molecule has 1 aliphatic carbocycles. The maximum atomic E-state index is 14.3. The van der Waals surface area contributed by atoms with Crippen LogP contribution < -0.4 is 5.32 Å². The third-order valence-electron chi connectivity index (χ3n) is 4.67. The highest BCUT2D eigenvalue weighted by Gasteiger charge is 2.31. The SMILES string of the molecule is Cl.O=S1(=O)Cc2nc(-c3cc(F)c(Cl)cc3F)nc(NC3CC=CCC3)c2C1. The summed E-state index contributed by atoms with van der Waals surface area (Å²) in [5.74, 6) is -1.66. The van der Waals surface area contributed by atoms with Crippen LogP contribution in [0.5, 0.6) is 0 Å². The lowest BCUT2D eigenvalue weighted by Crippen LogP contribution is -2.22. The van der Waals surface area contributed by atoms with Crippen LogP contribution in [0.4, 0.5) is 14.6 Å². The average molecular weight is 448 g/mol. The highest BCUT2D eigenvalue weighted by Crippen LogP contribution is 2.34. The van der Waals surface area contributed by atoms with Crippen LogP contribution in [-0.4, -0.2) is 24.4 Å². The van der Waals surface area contributed by atoms with Crippen molar-refractivity contribution in [1.82, 2.24) is 9.97 Å². The van der Waals surface area contributed by atoms with Gasteiger partial charge in [0, 0.05) is 11.6 Å². The van der Waals surface area contributed by atoms with Crippen molar-refractivity contribution in [1.29, 1.82) is 0 Å². The van der Waals surface area contributed by atoms with Crippen LogP contribution in [0, 0.1) is 11.6 Å². The Morgan fingerprint density at radius 1 is 1.11 bits per heavy atom. The van der Waals surface area contributed by atoms with E-state index in [1.165, 1.54) is 0 Å². The minimum atomic E-state index is -3.34. The minimum Gasteiger partial charge on any atom is -0.367 e. The summed E-state index contributed by atoms with van der Waals surface area (Å²) >= 11 is 5.61. The van der Waals surface area contributed by atoms with E-state index in [1.807, 2.05) is 0 Å². The third kappa shape index (κ3) is 4.14. The fraction of sp³-hybridized carbons (Fsp3) is 0.333. The van der Waals surface area contributed by atoms with Gasteiger partial charge in [-0.3, -0.25) is 0 Å². The number of rotatable bonds is 3. The number of aromatic nitrogens is 2. The molecule has 0 spiro atoms. The molecule has 150 valence electrons. The van der Waals surface area contributed by atoms with Gasteiger partial charge in [-0.05, 0) is 31.4 Å². The zero-order chi connectivity index (χ0) is 19.2. The van der Waals surface area contributed by atoms with Gasteiger partial charge in [-0.2, -0.15) is 0 Å². The van der Waals surface area contributed by atoms with Gasteiger partial charge in [0.1, 0.15) is 17.5 Å². The summed E-state index contributed by atoms with van der Waals surface area (Å²) < 4.78 is 52.3. The summed E-state index contributed by atoms with van der Waals surface area (Å²) in [6, 6.07) is 1.88. The Morgan fingerprint density at radius 3 is 2.61 bits per heavy atom. The predicted molar refractivity (Wildman–Crippen MR) is 106 cm³/mol. The number of sulfone groups is 1. The second-order valence-corrected chi connectivity index (χ2v) is 9.20. The number of fused-ring (bicyclic) bond motifs is 1. The van der Waals surface area contributed by atoms with Gasteiger partial charge in [0.25, 0.3) is 0 Å². The lowest BCUT2D eigenvalue weighted by Gasteiger charge is -2.21. The first kappa shape index (κ1) is 21.0. The average Bonchev–Trinajstić information content (AvgIpc) is 2.93. The molecule has 5 nitrogen and oxygen atoms in total. The second kappa shape index (κ2) is 7.93. The number of benzene rings is 1. The fourth-order valence-electron chi connectivity index (χ4n) is 3.33. The van der Waals surface area contributed by atoms with E-state index in [2.05, 4.69) is 27.4 Å². The topological polar surface area (TPSA) is 72.0 Å². The molecule has 2 aliphatic rings. The summed E-state index contributed by atoms with van der Waals surface area (Å²) in [7, 11) is -3.34. The molecular formula is C18H17Cl2F2N3O2S. The van der Waals surface area contributed by atoms with Crippen LogP contribution >= 0.6 is 24.0 Å². The molecule has 2 heterocycles. The molecule has 0 amide bonds. The molecule has 1 N–H and O–H groups in total. The molecule has 1 atom stereocenters. The normalized spacial score (nSPS) is 19.8.